The molecule has 0 N–H and O–H groups in total. The van der Waals surface area contributed by atoms with E-state index in [0.717, 1.165) is 5.56 Å². The van der Waals surface area contributed by atoms with E-state index < -0.39 is 5.82 Å². The van der Waals surface area contributed by atoms with Crippen LogP contribution >= 0.6 is 11.6 Å². The van der Waals surface area contributed by atoms with Gasteiger partial charge in [0.15, 0.2) is 11.6 Å². The lowest BCUT2D eigenvalue weighted by atomic mass is 10.0. The zero-order chi connectivity index (χ0) is 14.1. The van der Waals surface area contributed by atoms with E-state index in [-0.39, 0.29) is 11.9 Å². The summed E-state index contributed by atoms with van der Waals surface area (Å²) in [7, 11) is 1.44. The lowest BCUT2D eigenvalue weighted by Crippen LogP contribution is -2.09. The molecule has 0 fully saturated rings. The fourth-order valence-corrected chi connectivity index (χ4v) is 2.40. The van der Waals surface area contributed by atoms with Crippen LogP contribution in [0, 0.1) is 5.82 Å². The molecule has 0 bridgehead atoms. The number of hydrogen-bond acceptors (Lipinski definition) is 2. The van der Waals surface area contributed by atoms with Gasteiger partial charge in [-0.1, -0.05) is 35.9 Å². The third-order valence-corrected chi connectivity index (χ3v) is 3.49. The second kappa shape index (κ2) is 5.17. The average Bonchev–Trinajstić information content (AvgIpc) is 2.47. The zero-order valence-electron chi connectivity index (χ0n) is 10.8. The van der Waals surface area contributed by atoms with Crippen LogP contribution in [0.15, 0.2) is 42.5 Å². The number of halogens is 2. The van der Waals surface area contributed by atoms with Crippen LogP contribution in [0.1, 0.15) is 17.2 Å². The van der Waals surface area contributed by atoms with Crippen LogP contribution < -0.4 is 9.47 Å². The van der Waals surface area contributed by atoms with Gasteiger partial charge in [-0.2, -0.15) is 0 Å². The molecule has 1 aliphatic heterocycles. The molecule has 102 valence electrons. The molecule has 1 unspecified atom stereocenters. The van der Waals surface area contributed by atoms with E-state index in [1.807, 2.05) is 24.3 Å². The molecule has 0 amide bonds. The fourth-order valence-electron chi connectivity index (χ4n) is 2.18. The van der Waals surface area contributed by atoms with Crippen molar-refractivity contribution >= 4 is 17.7 Å². The number of rotatable bonds is 2. The Morgan fingerprint density at radius 3 is 2.85 bits per heavy atom. The highest BCUT2D eigenvalue weighted by Gasteiger charge is 2.19. The Kier molecular flexibility index (Phi) is 3.36. The van der Waals surface area contributed by atoms with E-state index >= 15 is 0 Å². The number of para-hydroxylation sites is 1. The molecule has 4 heteroatoms. The summed E-state index contributed by atoms with van der Waals surface area (Å²) in [6.45, 7) is 0. The molecule has 0 aromatic heterocycles. The third-order valence-electron chi connectivity index (χ3n) is 3.20. The molecule has 0 saturated carbocycles. The Labute approximate surface area is 121 Å². The van der Waals surface area contributed by atoms with Gasteiger partial charge in [0.2, 0.25) is 0 Å². The largest absolute Gasteiger partial charge is 0.494 e. The van der Waals surface area contributed by atoms with Gasteiger partial charge in [0.05, 0.1) is 12.1 Å². The van der Waals surface area contributed by atoms with Crippen molar-refractivity contribution in [3.63, 3.8) is 0 Å². The van der Waals surface area contributed by atoms with Gasteiger partial charge in [0.25, 0.3) is 0 Å². The Bertz CT molecular complexity index is 682. The highest BCUT2D eigenvalue weighted by Crippen LogP contribution is 2.38. The molecule has 20 heavy (non-hydrogen) atoms. The molecular formula is C16H12ClFO2. The van der Waals surface area contributed by atoms with Crippen LogP contribution in [0.2, 0.25) is 5.02 Å². The summed E-state index contributed by atoms with van der Waals surface area (Å²) in [6.07, 6.45) is 3.44. The molecule has 0 spiro atoms. The van der Waals surface area contributed by atoms with Crippen molar-refractivity contribution in [1.29, 1.82) is 0 Å². The van der Waals surface area contributed by atoms with Crippen molar-refractivity contribution in [1.82, 2.24) is 0 Å². The summed E-state index contributed by atoms with van der Waals surface area (Å²) < 4.78 is 24.5. The first-order chi connectivity index (χ1) is 9.69. The van der Waals surface area contributed by atoms with Gasteiger partial charge in [0, 0.05) is 5.56 Å². The van der Waals surface area contributed by atoms with E-state index in [1.54, 1.807) is 18.2 Å². The maximum absolute atomic E-state index is 13.7. The Balaban J connectivity index is 1.94. The van der Waals surface area contributed by atoms with Crippen molar-refractivity contribution in [3.8, 4) is 11.5 Å². The third kappa shape index (κ3) is 2.25. The van der Waals surface area contributed by atoms with Crippen molar-refractivity contribution < 1.29 is 13.9 Å². The highest BCUT2D eigenvalue weighted by molar-refractivity contribution is 6.32. The van der Waals surface area contributed by atoms with Crippen LogP contribution in [-0.2, 0) is 0 Å². The van der Waals surface area contributed by atoms with Crippen molar-refractivity contribution in [2.45, 2.75) is 6.10 Å². The maximum atomic E-state index is 13.7. The Morgan fingerprint density at radius 1 is 1.25 bits per heavy atom. The second-order valence-electron chi connectivity index (χ2n) is 4.45. The number of methoxy groups -OCH3 is 1. The Morgan fingerprint density at radius 2 is 2.10 bits per heavy atom. The zero-order valence-corrected chi connectivity index (χ0v) is 11.5. The molecule has 3 rings (SSSR count). The average molecular weight is 291 g/mol. The fraction of sp³-hybridized carbons (Fsp3) is 0.125. The SMILES string of the molecule is COc1ccc(C2C=Cc3cccc(Cl)c3O2)cc1F. The minimum absolute atomic E-state index is 0.215. The molecule has 2 nitrogen and oxygen atoms in total. The molecule has 1 heterocycles. The summed E-state index contributed by atoms with van der Waals surface area (Å²) in [5.41, 5.74) is 1.63. The van der Waals surface area contributed by atoms with E-state index in [4.69, 9.17) is 21.1 Å². The number of hydrogen-bond donors (Lipinski definition) is 0. The smallest absolute Gasteiger partial charge is 0.165 e. The quantitative estimate of drug-likeness (QED) is 0.802. The summed E-state index contributed by atoms with van der Waals surface area (Å²) in [6, 6.07) is 10.3. The maximum Gasteiger partial charge on any atom is 0.165 e. The van der Waals surface area contributed by atoms with Crippen molar-refractivity contribution in [2.24, 2.45) is 0 Å². The molecule has 1 aliphatic rings. The molecule has 2 aromatic carbocycles. The minimum Gasteiger partial charge on any atom is -0.494 e. The van der Waals surface area contributed by atoms with E-state index in [9.17, 15) is 4.39 Å². The van der Waals surface area contributed by atoms with Crippen LogP contribution in [0.4, 0.5) is 4.39 Å². The van der Waals surface area contributed by atoms with E-state index in [1.165, 1.54) is 13.2 Å². The number of fused-ring (bicyclic) bond motifs is 1. The van der Waals surface area contributed by atoms with Crippen LogP contribution in [0.25, 0.3) is 6.08 Å². The minimum atomic E-state index is -0.410. The molecular weight excluding hydrogens is 279 g/mol. The van der Waals surface area contributed by atoms with Gasteiger partial charge in [-0.25, -0.2) is 4.39 Å². The summed E-state index contributed by atoms with van der Waals surface area (Å²) in [5, 5.41) is 0.547. The van der Waals surface area contributed by atoms with Gasteiger partial charge < -0.3 is 9.47 Å². The monoisotopic (exact) mass is 290 g/mol. The van der Waals surface area contributed by atoms with Gasteiger partial charge in [-0.15, -0.1) is 0 Å². The van der Waals surface area contributed by atoms with Crippen LogP contribution in [0.3, 0.4) is 0 Å². The molecule has 0 radical (unpaired) electrons. The highest BCUT2D eigenvalue weighted by atomic mass is 35.5. The van der Waals surface area contributed by atoms with Gasteiger partial charge in [-0.05, 0) is 29.8 Å². The van der Waals surface area contributed by atoms with E-state index in [0.29, 0.717) is 16.3 Å². The van der Waals surface area contributed by atoms with Gasteiger partial charge in [-0.3, -0.25) is 0 Å². The number of benzene rings is 2. The summed E-state index contributed by atoms with van der Waals surface area (Å²) in [5.74, 6) is 0.428. The first-order valence-corrected chi connectivity index (χ1v) is 6.53. The van der Waals surface area contributed by atoms with Gasteiger partial charge in [0.1, 0.15) is 11.9 Å². The standard InChI is InChI=1S/C16H12ClFO2/c1-19-15-8-6-11(9-13(15)18)14-7-5-10-3-2-4-12(17)16(10)20-14/h2-9,14H,1H3. The molecule has 0 saturated heterocycles. The molecule has 1 atom stereocenters. The molecule has 0 aliphatic carbocycles. The lowest BCUT2D eigenvalue weighted by molar-refractivity contribution is 0.251. The Hall–Kier alpha value is -2.00. The van der Waals surface area contributed by atoms with Crippen LogP contribution in [-0.4, -0.2) is 7.11 Å². The topological polar surface area (TPSA) is 18.5 Å². The molecule has 2 aromatic rings. The predicted octanol–water partition coefficient (Wildman–Crippen LogP) is 4.63. The van der Waals surface area contributed by atoms with Crippen LogP contribution in [0.5, 0.6) is 11.5 Å². The van der Waals surface area contributed by atoms with Crippen molar-refractivity contribution in [2.75, 3.05) is 7.11 Å². The van der Waals surface area contributed by atoms with Gasteiger partial charge >= 0.3 is 0 Å². The van der Waals surface area contributed by atoms with E-state index in [2.05, 4.69) is 0 Å². The number of ether oxygens (including phenoxy) is 2. The predicted molar refractivity (Wildman–Crippen MR) is 76.8 cm³/mol. The lowest BCUT2D eigenvalue weighted by Gasteiger charge is -2.22. The first kappa shape index (κ1) is 13.0. The normalized spacial score (nSPS) is 16.4. The summed E-state index contributed by atoms with van der Waals surface area (Å²) >= 11 is 6.12. The van der Waals surface area contributed by atoms with Crippen molar-refractivity contribution in [3.05, 3.63) is 64.4 Å². The first-order valence-electron chi connectivity index (χ1n) is 6.16. The second-order valence-corrected chi connectivity index (χ2v) is 4.86. The summed E-state index contributed by atoms with van der Waals surface area (Å²) in [4.78, 5) is 0.